The molecule has 4 aromatic rings. The molecule has 0 radical (unpaired) electrons. The van der Waals surface area contributed by atoms with Crippen LogP contribution >= 0.6 is 0 Å². The molecule has 0 unspecified atom stereocenters. The maximum atomic E-state index is 5.54. The summed E-state index contributed by atoms with van der Waals surface area (Å²) in [5.74, 6) is 2.16. The van der Waals surface area contributed by atoms with Crippen LogP contribution in [-0.2, 0) is 29.7 Å². The summed E-state index contributed by atoms with van der Waals surface area (Å²) in [5, 5.41) is 0. The van der Waals surface area contributed by atoms with Crippen LogP contribution in [-0.4, -0.2) is 48.1 Å². The van der Waals surface area contributed by atoms with Crippen molar-refractivity contribution in [1.82, 2.24) is 9.47 Å². The number of aryl methyl sites for hydroxylation is 2. The van der Waals surface area contributed by atoms with Gasteiger partial charge >= 0.3 is 5.82 Å². The largest absolute Gasteiger partial charge is 0.478 e. The Morgan fingerprint density at radius 2 is 1.28 bits per heavy atom. The fraction of sp³-hybridized carbons (Fsp3) is 0.333. The second kappa shape index (κ2) is 14.1. The molecule has 0 spiro atoms. The average molecular weight is 618 g/mol. The van der Waals surface area contributed by atoms with Crippen molar-refractivity contribution in [3.63, 3.8) is 0 Å². The van der Waals surface area contributed by atoms with Crippen molar-refractivity contribution in [2.75, 3.05) is 21.2 Å². The van der Waals surface area contributed by atoms with Crippen LogP contribution in [0.25, 0.3) is 0 Å². The van der Waals surface area contributed by atoms with E-state index >= 15 is 0 Å². The molecule has 0 saturated carbocycles. The highest BCUT2D eigenvalue weighted by molar-refractivity contribution is 6.38. The van der Waals surface area contributed by atoms with Crippen LogP contribution in [0, 0.1) is 0 Å². The molecule has 0 amide bonds. The standard InChI is InChI=1S/C39H49N6O/c1-12-34(37-44(9)26-27-45(37)10)41-32-22-18-30(19-23-32)38(3,4)28-14-16-29(17-15-28)39(5,6)31-20-24-33(25-21-31)42-36(46-11)35(40-7)43(8)13-2/h13-27H,2,12H2,1,3-11H3/q+1. The van der Waals surface area contributed by atoms with Crippen molar-refractivity contribution in [2.24, 2.45) is 29.1 Å². The van der Waals surface area contributed by atoms with Gasteiger partial charge in [-0.3, -0.25) is 4.99 Å². The maximum absolute atomic E-state index is 5.54. The second-order valence-corrected chi connectivity index (χ2v) is 12.6. The molecule has 7 nitrogen and oxygen atoms in total. The van der Waals surface area contributed by atoms with Crippen LogP contribution in [0.15, 0.2) is 113 Å². The number of hydrogen-bond acceptors (Lipinski definition) is 4. The lowest BCUT2D eigenvalue weighted by molar-refractivity contribution is -0.672. The number of methoxy groups -OCH3 is 1. The average Bonchev–Trinajstić information content (AvgIpc) is 3.40. The van der Waals surface area contributed by atoms with E-state index < -0.39 is 0 Å². The fourth-order valence-electron chi connectivity index (χ4n) is 5.78. The van der Waals surface area contributed by atoms with E-state index in [-0.39, 0.29) is 10.8 Å². The zero-order valence-electron chi connectivity index (χ0n) is 29.2. The number of benzene rings is 3. The Bertz CT molecular complexity index is 1720. The van der Waals surface area contributed by atoms with Gasteiger partial charge in [0.05, 0.1) is 32.6 Å². The predicted molar refractivity (Wildman–Crippen MR) is 192 cm³/mol. The molecule has 0 saturated heterocycles. The van der Waals surface area contributed by atoms with E-state index in [2.05, 4.69) is 147 Å². The van der Waals surface area contributed by atoms with Gasteiger partial charge in [0.2, 0.25) is 0 Å². The molecular formula is C39H49N6O+. The maximum Gasteiger partial charge on any atom is 0.303 e. The minimum Gasteiger partial charge on any atom is -0.478 e. The number of nitrogens with zero attached hydrogens (tertiary/aromatic N) is 6. The summed E-state index contributed by atoms with van der Waals surface area (Å²) < 4.78 is 9.78. The number of amidine groups is 1. The molecule has 0 fully saturated rings. The third-order valence-corrected chi connectivity index (χ3v) is 8.98. The quantitative estimate of drug-likeness (QED) is 0.109. The van der Waals surface area contributed by atoms with E-state index in [4.69, 9.17) is 9.73 Å². The number of likely N-dealkylation sites (N-methyl/N-ethyl adjacent to an activating group) is 1. The van der Waals surface area contributed by atoms with Crippen molar-refractivity contribution in [3.05, 3.63) is 126 Å². The number of ether oxygens (including phenoxy) is 1. The lowest BCUT2D eigenvalue weighted by Crippen LogP contribution is -2.35. The third-order valence-electron chi connectivity index (χ3n) is 8.98. The summed E-state index contributed by atoms with van der Waals surface area (Å²) in [7, 11) is 9.30. The van der Waals surface area contributed by atoms with Crippen LogP contribution in [0.4, 0.5) is 11.4 Å². The Labute approximate surface area is 275 Å². The molecule has 0 N–H and O–H groups in total. The molecule has 3 aromatic carbocycles. The molecule has 7 heteroatoms. The van der Waals surface area contributed by atoms with Gasteiger partial charge in [-0.15, -0.1) is 0 Å². The van der Waals surface area contributed by atoms with Crippen LogP contribution < -0.4 is 4.57 Å². The number of hydrogen-bond donors (Lipinski definition) is 0. The molecule has 1 heterocycles. The summed E-state index contributed by atoms with van der Waals surface area (Å²) in [5.41, 5.74) is 7.44. The number of aromatic nitrogens is 2. The first-order valence-electron chi connectivity index (χ1n) is 15.7. The smallest absolute Gasteiger partial charge is 0.303 e. The Kier molecular flexibility index (Phi) is 10.5. The van der Waals surface area contributed by atoms with Crippen LogP contribution in [0.2, 0.25) is 0 Å². The Morgan fingerprint density at radius 3 is 1.63 bits per heavy atom. The van der Waals surface area contributed by atoms with Gasteiger partial charge in [0, 0.05) is 24.9 Å². The fourth-order valence-corrected chi connectivity index (χ4v) is 5.78. The van der Waals surface area contributed by atoms with Gasteiger partial charge in [0.25, 0.3) is 5.90 Å². The highest BCUT2D eigenvalue weighted by atomic mass is 16.5. The summed E-state index contributed by atoms with van der Waals surface area (Å²) in [4.78, 5) is 15.8. The second-order valence-electron chi connectivity index (χ2n) is 12.6. The van der Waals surface area contributed by atoms with Crippen molar-refractivity contribution < 1.29 is 9.30 Å². The summed E-state index contributed by atoms with van der Waals surface area (Å²) in [6, 6.07) is 26.0. The minimum atomic E-state index is -0.195. The van der Waals surface area contributed by atoms with E-state index in [1.54, 1.807) is 25.3 Å². The van der Waals surface area contributed by atoms with Gasteiger partial charge in [-0.1, -0.05) is 89.7 Å². The van der Waals surface area contributed by atoms with Crippen molar-refractivity contribution in [3.8, 4) is 0 Å². The Balaban J connectivity index is 1.53. The third kappa shape index (κ3) is 7.04. The van der Waals surface area contributed by atoms with Crippen LogP contribution in [0.5, 0.6) is 0 Å². The van der Waals surface area contributed by atoms with Crippen molar-refractivity contribution in [1.29, 1.82) is 0 Å². The zero-order valence-corrected chi connectivity index (χ0v) is 29.2. The SMILES string of the molecule is C=CN(C)C(=NC)C(=Nc1ccc(C(C)(C)c2ccc(C(C)(C)c3ccc(N=C(CC)c4n(C)cc[n+]4C)cc3)cc2)cc1)OC. The Hall–Kier alpha value is -4.78. The summed E-state index contributed by atoms with van der Waals surface area (Å²) in [6.07, 6.45) is 6.66. The molecule has 0 aliphatic carbocycles. The molecule has 240 valence electrons. The molecular weight excluding hydrogens is 568 g/mol. The molecule has 0 bridgehead atoms. The number of imidazole rings is 1. The molecule has 0 aliphatic heterocycles. The first-order valence-corrected chi connectivity index (χ1v) is 15.7. The van der Waals surface area contributed by atoms with E-state index in [9.17, 15) is 0 Å². The lowest BCUT2D eigenvalue weighted by Gasteiger charge is -2.29. The lowest BCUT2D eigenvalue weighted by atomic mass is 9.74. The molecule has 0 atom stereocenters. The van der Waals surface area contributed by atoms with E-state index in [1.165, 1.54) is 22.3 Å². The van der Waals surface area contributed by atoms with Crippen LogP contribution in [0.1, 0.15) is 69.1 Å². The van der Waals surface area contributed by atoms with E-state index in [0.717, 1.165) is 29.3 Å². The summed E-state index contributed by atoms with van der Waals surface area (Å²) in [6.45, 7) is 15.0. The number of rotatable bonds is 9. The molecule has 46 heavy (non-hydrogen) atoms. The van der Waals surface area contributed by atoms with Gasteiger partial charge in [0.1, 0.15) is 18.1 Å². The van der Waals surface area contributed by atoms with Crippen molar-refractivity contribution in [2.45, 2.75) is 51.9 Å². The van der Waals surface area contributed by atoms with E-state index in [1.807, 2.05) is 19.2 Å². The molecule has 4 rings (SSSR count). The molecule has 0 aliphatic rings. The minimum absolute atomic E-state index is 0.165. The van der Waals surface area contributed by atoms with Gasteiger partial charge < -0.3 is 9.64 Å². The van der Waals surface area contributed by atoms with Gasteiger partial charge in [-0.25, -0.2) is 19.1 Å². The predicted octanol–water partition coefficient (Wildman–Crippen LogP) is 7.81. The highest BCUT2D eigenvalue weighted by Crippen LogP contribution is 2.36. The zero-order chi connectivity index (χ0) is 33.6. The summed E-state index contributed by atoms with van der Waals surface area (Å²) >= 11 is 0. The first-order chi connectivity index (χ1) is 21.9. The van der Waals surface area contributed by atoms with Gasteiger partial charge in [-0.05, 0) is 59.1 Å². The van der Waals surface area contributed by atoms with Crippen molar-refractivity contribution >= 4 is 28.8 Å². The Morgan fingerprint density at radius 1 is 0.848 bits per heavy atom. The number of aliphatic imine (C=N–C) groups is 3. The normalized spacial score (nSPS) is 13.1. The molecule has 1 aromatic heterocycles. The van der Waals surface area contributed by atoms with Gasteiger partial charge in [0.15, 0.2) is 5.84 Å². The topological polar surface area (TPSA) is 58.4 Å². The van der Waals surface area contributed by atoms with Gasteiger partial charge in [-0.2, -0.15) is 0 Å². The first kappa shape index (κ1) is 34.1. The van der Waals surface area contributed by atoms with Crippen LogP contribution in [0.3, 0.4) is 0 Å². The van der Waals surface area contributed by atoms with E-state index in [0.29, 0.717) is 11.7 Å². The monoisotopic (exact) mass is 617 g/mol. The highest BCUT2D eigenvalue weighted by Gasteiger charge is 2.27.